The van der Waals surface area contributed by atoms with Crippen molar-refractivity contribution in [3.05, 3.63) is 16.6 Å². The lowest BCUT2D eigenvalue weighted by molar-refractivity contribution is 0.0191. The SMILES string of the molecule is CC(C)CONCc1cscn1. The maximum atomic E-state index is 5.18. The van der Waals surface area contributed by atoms with E-state index in [1.165, 1.54) is 0 Å². The van der Waals surface area contributed by atoms with Gasteiger partial charge in [0, 0.05) is 5.38 Å². The number of hydrogen-bond donors (Lipinski definition) is 1. The van der Waals surface area contributed by atoms with E-state index in [2.05, 4.69) is 24.3 Å². The lowest BCUT2D eigenvalue weighted by Crippen LogP contribution is -2.17. The smallest absolute Gasteiger partial charge is 0.0795 e. The molecule has 0 aliphatic rings. The molecule has 0 spiro atoms. The molecule has 0 fully saturated rings. The topological polar surface area (TPSA) is 34.1 Å². The molecule has 0 aliphatic carbocycles. The van der Waals surface area contributed by atoms with Crippen LogP contribution in [0.25, 0.3) is 0 Å². The zero-order valence-electron chi connectivity index (χ0n) is 7.41. The van der Waals surface area contributed by atoms with Gasteiger partial charge in [-0.15, -0.1) is 11.3 Å². The zero-order chi connectivity index (χ0) is 8.81. The van der Waals surface area contributed by atoms with E-state index in [0.717, 1.165) is 12.3 Å². The summed E-state index contributed by atoms with van der Waals surface area (Å²) >= 11 is 1.60. The van der Waals surface area contributed by atoms with Crippen molar-refractivity contribution in [1.29, 1.82) is 0 Å². The zero-order valence-corrected chi connectivity index (χ0v) is 8.23. The summed E-state index contributed by atoms with van der Waals surface area (Å²) in [5, 5.41) is 2.01. The second kappa shape index (κ2) is 5.24. The number of nitrogens with zero attached hydrogens (tertiary/aromatic N) is 1. The first kappa shape index (κ1) is 9.64. The van der Waals surface area contributed by atoms with Crippen LogP contribution >= 0.6 is 11.3 Å². The Morgan fingerprint density at radius 3 is 3.08 bits per heavy atom. The highest BCUT2D eigenvalue weighted by atomic mass is 32.1. The first-order valence-electron chi connectivity index (χ1n) is 4.00. The third-order valence-electron chi connectivity index (χ3n) is 1.26. The summed E-state index contributed by atoms with van der Waals surface area (Å²) in [6.07, 6.45) is 0. The van der Waals surface area contributed by atoms with Crippen LogP contribution in [0.4, 0.5) is 0 Å². The van der Waals surface area contributed by atoms with Crippen LogP contribution in [0.2, 0.25) is 0 Å². The van der Waals surface area contributed by atoms with Gasteiger partial charge in [0.05, 0.1) is 24.4 Å². The number of hydroxylamine groups is 1. The van der Waals surface area contributed by atoms with Crippen LogP contribution in [0, 0.1) is 5.92 Å². The number of hydrogen-bond acceptors (Lipinski definition) is 4. The fourth-order valence-corrected chi connectivity index (χ4v) is 1.23. The Hall–Kier alpha value is -0.450. The lowest BCUT2D eigenvalue weighted by atomic mass is 10.2. The van der Waals surface area contributed by atoms with E-state index in [1.807, 2.05) is 10.9 Å². The molecule has 12 heavy (non-hydrogen) atoms. The largest absolute Gasteiger partial charge is 0.301 e. The van der Waals surface area contributed by atoms with Crippen LogP contribution in [0.15, 0.2) is 10.9 Å². The molecule has 0 aromatic carbocycles. The molecule has 3 nitrogen and oxygen atoms in total. The summed E-state index contributed by atoms with van der Waals surface area (Å²) in [6.45, 7) is 5.66. The molecule has 0 saturated carbocycles. The van der Waals surface area contributed by atoms with Gasteiger partial charge in [-0.1, -0.05) is 13.8 Å². The van der Waals surface area contributed by atoms with E-state index in [1.54, 1.807) is 11.3 Å². The molecule has 1 rings (SSSR count). The van der Waals surface area contributed by atoms with Crippen molar-refractivity contribution in [2.75, 3.05) is 6.61 Å². The van der Waals surface area contributed by atoms with Gasteiger partial charge < -0.3 is 4.84 Å². The highest BCUT2D eigenvalue weighted by Crippen LogP contribution is 1.99. The summed E-state index contributed by atoms with van der Waals surface area (Å²) in [7, 11) is 0. The third-order valence-corrected chi connectivity index (χ3v) is 1.89. The Balaban J connectivity index is 2.04. The quantitative estimate of drug-likeness (QED) is 0.562. The molecule has 1 N–H and O–H groups in total. The van der Waals surface area contributed by atoms with Crippen molar-refractivity contribution in [3.63, 3.8) is 0 Å². The molecule has 1 aromatic heterocycles. The normalized spacial score (nSPS) is 10.9. The van der Waals surface area contributed by atoms with Crippen molar-refractivity contribution < 1.29 is 4.84 Å². The Kier molecular flexibility index (Phi) is 4.21. The van der Waals surface area contributed by atoms with Gasteiger partial charge in [-0.2, -0.15) is 5.48 Å². The average molecular weight is 186 g/mol. The van der Waals surface area contributed by atoms with Crippen LogP contribution in [0.5, 0.6) is 0 Å². The van der Waals surface area contributed by atoms with Crippen LogP contribution in [0.1, 0.15) is 19.5 Å². The van der Waals surface area contributed by atoms with E-state index in [0.29, 0.717) is 12.5 Å². The molecule has 0 atom stereocenters. The summed E-state index contributed by atoms with van der Waals surface area (Å²) < 4.78 is 0. The van der Waals surface area contributed by atoms with Crippen molar-refractivity contribution in [2.45, 2.75) is 20.4 Å². The predicted molar refractivity (Wildman–Crippen MR) is 49.7 cm³/mol. The van der Waals surface area contributed by atoms with Gasteiger partial charge in [0.2, 0.25) is 0 Å². The molecule has 0 aliphatic heterocycles. The van der Waals surface area contributed by atoms with E-state index < -0.39 is 0 Å². The van der Waals surface area contributed by atoms with E-state index in [9.17, 15) is 0 Å². The van der Waals surface area contributed by atoms with Crippen LogP contribution in [-0.4, -0.2) is 11.6 Å². The molecule has 0 radical (unpaired) electrons. The van der Waals surface area contributed by atoms with Gasteiger partial charge >= 0.3 is 0 Å². The minimum absolute atomic E-state index is 0.563. The molecular formula is C8H14N2OS. The summed E-state index contributed by atoms with van der Waals surface area (Å²) in [5.74, 6) is 0.563. The Bertz CT molecular complexity index is 199. The second-order valence-electron chi connectivity index (χ2n) is 3.01. The molecule has 0 saturated heterocycles. The highest BCUT2D eigenvalue weighted by Gasteiger charge is 1.95. The molecule has 1 heterocycles. The van der Waals surface area contributed by atoms with E-state index in [4.69, 9.17) is 4.84 Å². The van der Waals surface area contributed by atoms with Crippen LogP contribution < -0.4 is 5.48 Å². The third kappa shape index (κ3) is 3.80. The molecule has 0 amide bonds. The molecule has 4 heteroatoms. The Labute approximate surface area is 76.7 Å². The Morgan fingerprint density at radius 2 is 2.50 bits per heavy atom. The average Bonchev–Trinajstić information content (AvgIpc) is 2.49. The monoisotopic (exact) mass is 186 g/mol. The number of aromatic nitrogens is 1. The number of thiazole rings is 1. The maximum Gasteiger partial charge on any atom is 0.0795 e. The van der Waals surface area contributed by atoms with Crippen LogP contribution in [-0.2, 0) is 11.4 Å². The minimum Gasteiger partial charge on any atom is -0.301 e. The summed E-state index contributed by atoms with van der Waals surface area (Å²) in [4.78, 5) is 9.29. The van der Waals surface area contributed by atoms with Gasteiger partial charge in [-0.05, 0) is 5.92 Å². The van der Waals surface area contributed by atoms with Crippen molar-refractivity contribution in [1.82, 2.24) is 10.5 Å². The number of nitrogens with one attached hydrogen (secondary N) is 1. The Morgan fingerprint density at radius 1 is 1.67 bits per heavy atom. The van der Waals surface area contributed by atoms with Crippen molar-refractivity contribution in [2.24, 2.45) is 5.92 Å². The highest BCUT2D eigenvalue weighted by molar-refractivity contribution is 7.07. The minimum atomic E-state index is 0.563. The standard InChI is InChI=1S/C8H14N2OS/c1-7(2)4-11-10-3-8-5-12-6-9-8/h5-7,10H,3-4H2,1-2H3. The van der Waals surface area contributed by atoms with Gasteiger partial charge in [0.1, 0.15) is 0 Å². The fourth-order valence-electron chi connectivity index (χ4n) is 0.675. The molecule has 1 aromatic rings. The number of rotatable bonds is 5. The second-order valence-corrected chi connectivity index (χ2v) is 3.72. The lowest BCUT2D eigenvalue weighted by Gasteiger charge is -2.05. The maximum absolute atomic E-state index is 5.18. The van der Waals surface area contributed by atoms with E-state index in [-0.39, 0.29) is 0 Å². The summed E-state index contributed by atoms with van der Waals surface area (Å²) in [6, 6.07) is 0. The summed E-state index contributed by atoms with van der Waals surface area (Å²) in [5.41, 5.74) is 5.71. The van der Waals surface area contributed by atoms with Gasteiger partial charge in [0.15, 0.2) is 0 Å². The predicted octanol–water partition coefficient (Wildman–Crippen LogP) is 1.82. The van der Waals surface area contributed by atoms with Crippen molar-refractivity contribution >= 4 is 11.3 Å². The van der Waals surface area contributed by atoms with Crippen molar-refractivity contribution in [3.8, 4) is 0 Å². The van der Waals surface area contributed by atoms with Gasteiger partial charge in [-0.25, -0.2) is 4.98 Å². The molecule has 0 bridgehead atoms. The fraction of sp³-hybridized carbons (Fsp3) is 0.625. The molecule has 68 valence electrons. The van der Waals surface area contributed by atoms with Gasteiger partial charge in [0.25, 0.3) is 0 Å². The molecular weight excluding hydrogens is 172 g/mol. The van der Waals surface area contributed by atoms with Crippen LogP contribution in [0.3, 0.4) is 0 Å². The first-order valence-corrected chi connectivity index (χ1v) is 4.95. The van der Waals surface area contributed by atoms with Gasteiger partial charge in [-0.3, -0.25) is 0 Å². The first-order chi connectivity index (χ1) is 5.79. The van der Waals surface area contributed by atoms with E-state index >= 15 is 0 Å². The molecule has 0 unspecified atom stereocenters.